The smallest absolute Gasteiger partial charge is 0.244 e. The molecule has 0 bridgehead atoms. The van der Waals surface area contributed by atoms with Crippen molar-refractivity contribution in [3.05, 3.63) is 42.0 Å². The average molecular weight is 300 g/mol. The zero-order chi connectivity index (χ0) is 15.4. The molecule has 1 fully saturated rings. The van der Waals surface area contributed by atoms with Crippen LogP contribution in [0.5, 0.6) is 0 Å². The Labute approximate surface area is 129 Å². The third kappa shape index (κ3) is 3.48. The molecule has 1 saturated heterocycles. The monoisotopic (exact) mass is 300 g/mol. The van der Waals surface area contributed by atoms with Gasteiger partial charge in [-0.25, -0.2) is 4.68 Å². The summed E-state index contributed by atoms with van der Waals surface area (Å²) in [5, 5.41) is 7.55. The first kappa shape index (κ1) is 14.6. The van der Waals surface area contributed by atoms with Crippen molar-refractivity contribution >= 4 is 5.91 Å². The third-order valence-corrected chi connectivity index (χ3v) is 3.99. The highest BCUT2D eigenvalue weighted by Crippen LogP contribution is 2.10. The summed E-state index contributed by atoms with van der Waals surface area (Å²) >= 11 is 0. The van der Waals surface area contributed by atoms with E-state index in [4.69, 9.17) is 0 Å². The summed E-state index contributed by atoms with van der Waals surface area (Å²) in [6, 6.07) is 4.04. The Kier molecular flexibility index (Phi) is 4.43. The van der Waals surface area contributed by atoms with Gasteiger partial charge in [0.05, 0.1) is 11.9 Å². The number of nitrogens with zero attached hydrogens (tertiary/aromatic N) is 6. The zero-order valence-electron chi connectivity index (χ0n) is 12.7. The highest BCUT2D eigenvalue weighted by Gasteiger charge is 2.21. The Bertz CT molecular complexity index is 619. The molecule has 0 N–H and O–H groups in total. The van der Waals surface area contributed by atoms with Crippen LogP contribution in [0.1, 0.15) is 11.3 Å². The van der Waals surface area contributed by atoms with Crippen molar-refractivity contribution in [3.63, 3.8) is 0 Å². The summed E-state index contributed by atoms with van der Waals surface area (Å²) in [6.07, 6.45) is 5.12. The van der Waals surface area contributed by atoms with Crippen LogP contribution >= 0.6 is 0 Å². The first-order valence-corrected chi connectivity index (χ1v) is 7.47. The van der Waals surface area contributed by atoms with E-state index in [-0.39, 0.29) is 12.5 Å². The standard InChI is InChI=1S/C15H20N6O/c1-13-3-2-4-16-14(13)11-19-7-9-20(10-8-19)15(22)12-21-6-5-17-18-21/h2-6H,7-12H2,1H3. The minimum absolute atomic E-state index is 0.0965. The largest absolute Gasteiger partial charge is 0.339 e. The number of aromatic nitrogens is 4. The lowest BCUT2D eigenvalue weighted by molar-refractivity contribution is -0.133. The van der Waals surface area contributed by atoms with Crippen LogP contribution in [-0.2, 0) is 17.9 Å². The lowest BCUT2D eigenvalue weighted by atomic mass is 10.2. The van der Waals surface area contributed by atoms with Crippen LogP contribution in [0, 0.1) is 6.92 Å². The highest BCUT2D eigenvalue weighted by molar-refractivity contribution is 5.76. The maximum absolute atomic E-state index is 12.2. The first-order chi connectivity index (χ1) is 10.7. The van der Waals surface area contributed by atoms with Gasteiger partial charge in [0.25, 0.3) is 0 Å². The number of amides is 1. The topological polar surface area (TPSA) is 67.2 Å². The summed E-state index contributed by atoms with van der Waals surface area (Å²) in [5.74, 6) is 0.0965. The Morgan fingerprint density at radius 1 is 1.23 bits per heavy atom. The first-order valence-electron chi connectivity index (χ1n) is 7.47. The van der Waals surface area contributed by atoms with Crippen LogP contribution in [0.2, 0.25) is 0 Å². The molecule has 7 heteroatoms. The van der Waals surface area contributed by atoms with E-state index in [1.165, 1.54) is 5.56 Å². The highest BCUT2D eigenvalue weighted by atomic mass is 16.2. The van der Waals surface area contributed by atoms with Gasteiger partial charge in [-0.05, 0) is 18.6 Å². The second-order valence-corrected chi connectivity index (χ2v) is 5.52. The van der Waals surface area contributed by atoms with Crippen LogP contribution in [0.25, 0.3) is 0 Å². The lowest BCUT2D eigenvalue weighted by Gasteiger charge is -2.34. The summed E-state index contributed by atoms with van der Waals surface area (Å²) in [6.45, 7) is 6.44. The second kappa shape index (κ2) is 6.65. The quantitative estimate of drug-likeness (QED) is 0.814. The van der Waals surface area contributed by atoms with E-state index in [2.05, 4.69) is 33.2 Å². The number of hydrogen-bond donors (Lipinski definition) is 0. The predicted molar refractivity (Wildman–Crippen MR) is 80.9 cm³/mol. The number of hydrogen-bond acceptors (Lipinski definition) is 5. The Hall–Kier alpha value is -2.28. The van der Waals surface area contributed by atoms with E-state index in [1.54, 1.807) is 17.1 Å². The van der Waals surface area contributed by atoms with Gasteiger partial charge in [0.1, 0.15) is 6.54 Å². The molecule has 2 aromatic heterocycles. The number of pyridine rings is 1. The molecule has 0 aromatic carbocycles. The maximum atomic E-state index is 12.2. The number of carbonyl (C=O) groups excluding carboxylic acids is 1. The van der Waals surface area contributed by atoms with E-state index in [1.807, 2.05) is 17.2 Å². The fraction of sp³-hybridized carbons (Fsp3) is 0.467. The summed E-state index contributed by atoms with van der Waals surface area (Å²) in [5.41, 5.74) is 2.33. The molecule has 1 aliphatic heterocycles. The molecular weight excluding hydrogens is 280 g/mol. The van der Waals surface area contributed by atoms with Crippen LogP contribution < -0.4 is 0 Å². The molecule has 0 spiro atoms. The van der Waals surface area contributed by atoms with Crippen molar-refractivity contribution in [2.45, 2.75) is 20.0 Å². The van der Waals surface area contributed by atoms with Crippen molar-refractivity contribution in [2.75, 3.05) is 26.2 Å². The van der Waals surface area contributed by atoms with Crippen LogP contribution in [0.4, 0.5) is 0 Å². The van der Waals surface area contributed by atoms with Crippen LogP contribution in [0.15, 0.2) is 30.7 Å². The molecule has 1 amide bonds. The predicted octanol–water partition coefficient (Wildman–Crippen LogP) is 0.326. The minimum Gasteiger partial charge on any atom is -0.339 e. The van der Waals surface area contributed by atoms with Crippen LogP contribution in [-0.4, -0.2) is 61.9 Å². The molecule has 7 nitrogen and oxygen atoms in total. The molecular formula is C15H20N6O. The molecule has 0 aliphatic carbocycles. The molecule has 1 aliphatic rings. The molecule has 0 saturated carbocycles. The molecule has 0 unspecified atom stereocenters. The van der Waals surface area contributed by atoms with Gasteiger partial charge in [0.2, 0.25) is 5.91 Å². The Morgan fingerprint density at radius 3 is 2.73 bits per heavy atom. The number of rotatable bonds is 4. The van der Waals surface area contributed by atoms with Crippen molar-refractivity contribution in [2.24, 2.45) is 0 Å². The normalized spacial score (nSPS) is 16.0. The van der Waals surface area contributed by atoms with Gasteiger partial charge in [-0.1, -0.05) is 11.3 Å². The van der Waals surface area contributed by atoms with Crippen molar-refractivity contribution < 1.29 is 4.79 Å². The van der Waals surface area contributed by atoms with Gasteiger partial charge in [-0.2, -0.15) is 0 Å². The fourth-order valence-corrected chi connectivity index (χ4v) is 2.61. The SMILES string of the molecule is Cc1cccnc1CN1CCN(C(=O)Cn2ccnn2)CC1. The number of carbonyl (C=O) groups is 1. The number of aryl methyl sites for hydroxylation is 1. The van der Waals surface area contributed by atoms with Crippen LogP contribution in [0.3, 0.4) is 0 Å². The zero-order valence-corrected chi connectivity index (χ0v) is 12.7. The Morgan fingerprint density at radius 2 is 2.05 bits per heavy atom. The van der Waals surface area contributed by atoms with Crippen molar-refractivity contribution in [3.8, 4) is 0 Å². The van der Waals surface area contributed by atoms with Gasteiger partial charge in [0, 0.05) is 45.1 Å². The van der Waals surface area contributed by atoms with Gasteiger partial charge >= 0.3 is 0 Å². The molecule has 22 heavy (non-hydrogen) atoms. The third-order valence-electron chi connectivity index (χ3n) is 3.99. The van der Waals surface area contributed by atoms with E-state index in [9.17, 15) is 4.79 Å². The molecule has 2 aromatic rings. The van der Waals surface area contributed by atoms with Crippen molar-refractivity contribution in [1.82, 2.24) is 29.8 Å². The average Bonchev–Trinajstić information content (AvgIpc) is 3.03. The van der Waals surface area contributed by atoms with Gasteiger partial charge in [-0.3, -0.25) is 14.7 Å². The maximum Gasteiger partial charge on any atom is 0.244 e. The number of piperazine rings is 1. The van der Waals surface area contributed by atoms with E-state index in [0.717, 1.165) is 38.4 Å². The van der Waals surface area contributed by atoms with E-state index < -0.39 is 0 Å². The van der Waals surface area contributed by atoms with Gasteiger partial charge in [0.15, 0.2) is 0 Å². The van der Waals surface area contributed by atoms with Gasteiger partial charge < -0.3 is 4.90 Å². The Balaban J connectivity index is 1.50. The summed E-state index contributed by atoms with van der Waals surface area (Å²) in [7, 11) is 0. The fourth-order valence-electron chi connectivity index (χ4n) is 2.61. The minimum atomic E-state index is 0.0965. The molecule has 0 radical (unpaired) electrons. The van der Waals surface area contributed by atoms with E-state index >= 15 is 0 Å². The second-order valence-electron chi connectivity index (χ2n) is 5.52. The molecule has 3 heterocycles. The molecule has 3 rings (SSSR count). The molecule has 0 atom stereocenters. The summed E-state index contributed by atoms with van der Waals surface area (Å²) in [4.78, 5) is 20.9. The summed E-state index contributed by atoms with van der Waals surface area (Å²) < 4.78 is 1.56. The van der Waals surface area contributed by atoms with Crippen molar-refractivity contribution in [1.29, 1.82) is 0 Å². The molecule has 116 valence electrons. The lowest BCUT2D eigenvalue weighted by Crippen LogP contribution is -2.49. The van der Waals surface area contributed by atoms with Gasteiger partial charge in [-0.15, -0.1) is 5.10 Å². The van der Waals surface area contributed by atoms with E-state index in [0.29, 0.717) is 0 Å².